The van der Waals surface area contributed by atoms with Gasteiger partial charge in [-0.3, -0.25) is 0 Å². The maximum absolute atomic E-state index is 10.3. The summed E-state index contributed by atoms with van der Waals surface area (Å²) in [7, 11) is -1.26. The predicted octanol–water partition coefficient (Wildman–Crippen LogP) is -0.172. The summed E-state index contributed by atoms with van der Waals surface area (Å²) < 4.78 is 0. The van der Waals surface area contributed by atoms with Gasteiger partial charge in [0, 0.05) is 6.42 Å². The Labute approximate surface area is 54.8 Å². The number of ketones is 1. The lowest BCUT2D eigenvalue weighted by atomic mass is 9.83. The molecule has 2 N–H and O–H groups in total. The molecule has 52 valence electrons. The number of rotatable bonds is 4. The van der Waals surface area contributed by atoms with Crippen LogP contribution in [0.25, 0.3) is 0 Å². The fraction of sp³-hybridized carbons (Fsp3) is 0.800. The molecule has 0 heterocycles. The molecule has 4 heteroatoms. The highest BCUT2D eigenvalue weighted by Gasteiger charge is 2.05. The molecular weight excluding hydrogens is 119 g/mol. The van der Waals surface area contributed by atoms with Gasteiger partial charge in [0.1, 0.15) is 5.78 Å². The molecule has 0 bridgehead atoms. The summed E-state index contributed by atoms with van der Waals surface area (Å²) in [5.41, 5.74) is 0. The van der Waals surface area contributed by atoms with Gasteiger partial charge in [-0.15, -0.1) is 0 Å². The van der Waals surface area contributed by atoms with Crippen molar-refractivity contribution in [2.45, 2.75) is 26.1 Å². The van der Waals surface area contributed by atoms with Gasteiger partial charge >= 0.3 is 7.12 Å². The van der Waals surface area contributed by atoms with Crippen LogP contribution in [-0.4, -0.2) is 22.9 Å². The molecular formula is C5H11BO3. The zero-order valence-electron chi connectivity index (χ0n) is 5.50. The SMILES string of the molecule is CC(=O)CCCB(O)O. The summed E-state index contributed by atoms with van der Waals surface area (Å²) in [6, 6.07) is 0. The van der Waals surface area contributed by atoms with Crippen LogP contribution in [0, 0.1) is 0 Å². The molecule has 0 aliphatic rings. The third-order valence-corrected chi connectivity index (χ3v) is 0.991. The summed E-state index contributed by atoms with van der Waals surface area (Å²) >= 11 is 0. The van der Waals surface area contributed by atoms with Crippen molar-refractivity contribution in [3.63, 3.8) is 0 Å². The number of carbonyl (C=O) groups excluding carboxylic acids is 1. The van der Waals surface area contributed by atoms with Crippen molar-refractivity contribution in [3.8, 4) is 0 Å². The van der Waals surface area contributed by atoms with Crippen LogP contribution in [-0.2, 0) is 4.79 Å². The molecule has 0 aromatic rings. The lowest BCUT2D eigenvalue weighted by Gasteiger charge is -1.94. The second-order valence-corrected chi connectivity index (χ2v) is 2.07. The molecule has 0 aliphatic carbocycles. The van der Waals surface area contributed by atoms with Crippen molar-refractivity contribution in [3.05, 3.63) is 0 Å². The Morgan fingerprint density at radius 2 is 2.11 bits per heavy atom. The van der Waals surface area contributed by atoms with E-state index < -0.39 is 7.12 Å². The number of carbonyl (C=O) groups is 1. The minimum absolute atomic E-state index is 0.0932. The Bertz CT molecular complexity index is 92.2. The maximum Gasteiger partial charge on any atom is 0.451 e. The van der Waals surface area contributed by atoms with E-state index in [0.29, 0.717) is 19.2 Å². The normalized spacial score (nSPS) is 9.22. The van der Waals surface area contributed by atoms with E-state index in [9.17, 15) is 4.79 Å². The molecule has 0 spiro atoms. The summed E-state index contributed by atoms with van der Waals surface area (Å²) in [6.45, 7) is 1.49. The standard InChI is InChI=1S/C5H11BO3/c1-5(7)3-2-4-6(8)9/h8-9H,2-4H2,1H3. The van der Waals surface area contributed by atoms with Gasteiger partial charge in [0.25, 0.3) is 0 Å². The van der Waals surface area contributed by atoms with Gasteiger partial charge in [-0.1, -0.05) is 0 Å². The topological polar surface area (TPSA) is 57.5 Å². The molecule has 0 saturated carbocycles. The van der Waals surface area contributed by atoms with Crippen molar-refractivity contribution in [2.75, 3.05) is 0 Å². The summed E-state index contributed by atoms with van der Waals surface area (Å²) in [5.74, 6) is 0.0932. The Morgan fingerprint density at radius 3 is 2.44 bits per heavy atom. The first-order valence-corrected chi connectivity index (χ1v) is 2.98. The molecule has 0 rings (SSSR count). The first kappa shape index (κ1) is 8.65. The van der Waals surface area contributed by atoms with Gasteiger partial charge in [0.15, 0.2) is 0 Å². The molecule has 0 radical (unpaired) electrons. The molecule has 0 saturated heterocycles. The molecule has 0 unspecified atom stereocenters. The minimum Gasteiger partial charge on any atom is -0.427 e. The van der Waals surface area contributed by atoms with Crippen LogP contribution in [0.3, 0.4) is 0 Å². The van der Waals surface area contributed by atoms with Crippen LogP contribution in [0.5, 0.6) is 0 Å². The third kappa shape index (κ3) is 7.65. The highest BCUT2D eigenvalue weighted by Crippen LogP contribution is 1.97. The Balaban J connectivity index is 3.01. The molecule has 0 aliphatic heterocycles. The smallest absolute Gasteiger partial charge is 0.427 e. The molecule has 0 fully saturated rings. The highest BCUT2D eigenvalue weighted by molar-refractivity contribution is 6.40. The van der Waals surface area contributed by atoms with E-state index >= 15 is 0 Å². The molecule has 0 amide bonds. The fourth-order valence-electron chi connectivity index (χ4n) is 0.534. The van der Waals surface area contributed by atoms with Crippen LogP contribution in [0.2, 0.25) is 6.32 Å². The lowest BCUT2D eigenvalue weighted by Crippen LogP contribution is -2.10. The summed E-state index contributed by atoms with van der Waals surface area (Å²) in [6.07, 6.45) is 1.30. The molecule has 3 nitrogen and oxygen atoms in total. The van der Waals surface area contributed by atoms with Crippen molar-refractivity contribution in [2.24, 2.45) is 0 Å². The van der Waals surface area contributed by atoms with Crippen LogP contribution in [0.15, 0.2) is 0 Å². The average Bonchev–Trinajstić information content (AvgIpc) is 1.63. The largest absolute Gasteiger partial charge is 0.451 e. The number of hydrogen-bond acceptors (Lipinski definition) is 3. The van der Waals surface area contributed by atoms with Crippen LogP contribution < -0.4 is 0 Å². The van der Waals surface area contributed by atoms with Gasteiger partial charge in [-0.05, 0) is 19.7 Å². The van der Waals surface area contributed by atoms with E-state index in [1.54, 1.807) is 0 Å². The first-order chi connectivity index (χ1) is 4.13. The molecule has 0 aromatic carbocycles. The average molecular weight is 130 g/mol. The van der Waals surface area contributed by atoms with Gasteiger partial charge in [0.05, 0.1) is 0 Å². The minimum atomic E-state index is -1.26. The number of hydrogen-bond donors (Lipinski definition) is 2. The van der Waals surface area contributed by atoms with E-state index in [1.807, 2.05) is 0 Å². The second-order valence-electron chi connectivity index (χ2n) is 2.07. The predicted molar refractivity (Wildman–Crippen MR) is 34.9 cm³/mol. The monoisotopic (exact) mass is 130 g/mol. The molecule has 0 aromatic heterocycles. The molecule has 0 atom stereocenters. The lowest BCUT2D eigenvalue weighted by molar-refractivity contribution is -0.117. The van der Waals surface area contributed by atoms with E-state index in [1.165, 1.54) is 6.92 Å². The number of Topliss-reactive ketones (excluding diaryl/α,β-unsaturated/α-hetero) is 1. The van der Waals surface area contributed by atoms with E-state index in [0.717, 1.165) is 0 Å². The quantitative estimate of drug-likeness (QED) is 0.519. The Morgan fingerprint density at radius 1 is 1.56 bits per heavy atom. The maximum atomic E-state index is 10.3. The Hall–Kier alpha value is -0.345. The third-order valence-electron chi connectivity index (χ3n) is 0.991. The highest BCUT2D eigenvalue weighted by atomic mass is 16.4. The van der Waals surface area contributed by atoms with Crippen molar-refractivity contribution >= 4 is 12.9 Å². The van der Waals surface area contributed by atoms with Crippen LogP contribution >= 0.6 is 0 Å². The first-order valence-electron chi connectivity index (χ1n) is 2.98. The van der Waals surface area contributed by atoms with Gasteiger partial charge in [-0.25, -0.2) is 0 Å². The second kappa shape index (κ2) is 4.53. The van der Waals surface area contributed by atoms with Crippen molar-refractivity contribution < 1.29 is 14.8 Å². The van der Waals surface area contributed by atoms with E-state index in [2.05, 4.69) is 0 Å². The summed E-state index contributed by atoms with van der Waals surface area (Å²) in [5, 5.41) is 16.6. The van der Waals surface area contributed by atoms with Crippen molar-refractivity contribution in [1.82, 2.24) is 0 Å². The fourth-order valence-corrected chi connectivity index (χ4v) is 0.534. The van der Waals surface area contributed by atoms with Crippen LogP contribution in [0.4, 0.5) is 0 Å². The van der Waals surface area contributed by atoms with Gasteiger partial charge in [-0.2, -0.15) is 0 Å². The zero-order valence-corrected chi connectivity index (χ0v) is 5.50. The van der Waals surface area contributed by atoms with Crippen molar-refractivity contribution in [1.29, 1.82) is 0 Å². The zero-order chi connectivity index (χ0) is 7.28. The van der Waals surface area contributed by atoms with Gasteiger partial charge in [0.2, 0.25) is 0 Å². The van der Waals surface area contributed by atoms with Gasteiger partial charge < -0.3 is 14.8 Å². The summed E-state index contributed by atoms with van der Waals surface area (Å²) in [4.78, 5) is 10.3. The van der Waals surface area contributed by atoms with Crippen LogP contribution in [0.1, 0.15) is 19.8 Å². The van der Waals surface area contributed by atoms with E-state index in [4.69, 9.17) is 10.0 Å². The van der Waals surface area contributed by atoms with E-state index in [-0.39, 0.29) is 5.78 Å². The Kier molecular flexibility index (Phi) is 4.35. The molecule has 9 heavy (non-hydrogen) atoms.